The maximum Gasteiger partial charge on any atom is 0.235 e. The normalized spacial score (nSPS) is 21.2. The minimum absolute atomic E-state index is 0.188. The third kappa shape index (κ3) is 1.10. The molecule has 2 heteroatoms. The molecule has 0 atom stereocenters. The molecule has 1 spiro atoms. The number of carbonyl (C=O) groups excluding carboxylic acids is 1. The summed E-state index contributed by atoms with van der Waals surface area (Å²) in [6, 6.07) is 4.35. The first-order chi connectivity index (χ1) is 7.63. The Hall–Kier alpha value is -1.31. The second-order valence-corrected chi connectivity index (χ2v) is 5.25. The Balaban J connectivity index is 2.24. The summed E-state index contributed by atoms with van der Waals surface area (Å²) in [5, 5.41) is 3.09. The lowest BCUT2D eigenvalue weighted by atomic mass is 9.79. The standard InChI is InChI=1S/C14H17NO/c1-9-7-10(2)12-11(8-9)14(13(16)15-12)5-3-4-6-14/h7-8H,3-6H2,1-2H3,(H,15,16). The van der Waals surface area contributed by atoms with Crippen LogP contribution in [0, 0.1) is 13.8 Å². The van der Waals surface area contributed by atoms with Gasteiger partial charge >= 0.3 is 0 Å². The van der Waals surface area contributed by atoms with Crippen molar-refractivity contribution in [1.29, 1.82) is 0 Å². The SMILES string of the molecule is Cc1cc(C)c2c(c1)C1(CCCC1)C(=O)N2. The summed E-state index contributed by atoms with van der Waals surface area (Å²) in [5.74, 6) is 0.230. The average Bonchev–Trinajstić information content (AvgIpc) is 2.79. The molecule has 3 rings (SSSR count). The Morgan fingerprint density at radius 3 is 2.56 bits per heavy atom. The van der Waals surface area contributed by atoms with Crippen molar-refractivity contribution in [3.8, 4) is 0 Å². The highest BCUT2D eigenvalue weighted by Crippen LogP contribution is 2.49. The van der Waals surface area contributed by atoms with Gasteiger partial charge in [-0.2, -0.15) is 0 Å². The van der Waals surface area contributed by atoms with E-state index in [0.717, 1.165) is 18.5 Å². The van der Waals surface area contributed by atoms with Crippen LogP contribution in [0.25, 0.3) is 0 Å². The van der Waals surface area contributed by atoms with Crippen LogP contribution < -0.4 is 5.32 Å². The lowest BCUT2D eigenvalue weighted by molar-refractivity contribution is -0.120. The summed E-state index contributed by atoms with van der Waals surface area (Å²) in [6.07, 6.45) is 4.41. The van der Waals surface area contributed by atoms with E-state index in [0.29, 0.717) is 0 Å². The number of aryl methyl sites for hydroxylation is 2. The van der Waals surface area contributed by atoms with Gasteiger partial charge in [0.25, 0.3) is 0 Å². The number of hydrogen-bond acceptors (Lipinski definition) is 1. The highest BCUT2D eigenvalue weighted by Gasteiger charge is 2.48. The molecule has 1 N–H and O–H groups in total. The zero-order valence-corrected chi connectivity index (χ0v) is 9.89. The summed E-state index contributed by atoms with van der Waals surface area (Å²) in [5.41, 5.74) is 4.61. The third-order valence-electron chi connectivity index (χ3n) is 4.13. The Kier molecular flexibility index (Phi) is 1.91. The van der Waals surface area contributed by atoms with Crippen LogP contribution in [0.1, 0.15) is 42.4 Å². The van der Waals surface area contributed by atoms with Crippen LogP contribution in [0.5, 0.6) is 0 Å². The molecule has 0 saturated heterocycles. The van der Waals surface area contributed by atoms with Gasteiger partial charge in [-0.15, -0.1) is 0 Å². The fraction of sp³-hybridized carbons (Fsp3) is 0.500. The molecule has 1 aromatic rings. The van der Waals surface area contributed by atoms with E-state index in [9.17, 15) is 4.79 Å². The van der Waals surface area contributed by atoms with Crippen molar-refractivity contribution in [3.05, 3.63) is 28.8 Å². The van der Waals surface area contributed by atoms with Gasteiger partial charge < -0.3 is 5.32 Å². The Bertz CT molecular complexity index is 470. The Morgan fingerprint density at radius 2 is 1.88 bits per heavy atom. The molecule has 1 amide bonds. The van der Waals surface area contributed by atoms with Gasteiger partial charge in [-0.1, -0.05) is 30.5 Å². The molecule has 0 bridgehead atoms. The zero-order chi connectivity index (χ0) is 11.3. The second kappa shape index (κ2) is 3.09. The van der Waals surface area contributed by atoms with Crippen molar-refractivity contribution in [2.75, 3.05) is 5.32 Å². The molecule has 1 fully saturated rings. The molecule has 2 aliphatic rings. The van der Waals surface area contributed by atoms with Crippen molar-refractivity contribution in [2.45, 2.75) is 44.9 Å². The van der Waals surface area contributed by atoms with E-state index in [1.54, 1.807) is 0 Å². The molecule has 0 aromatic heterocycles. The van der Waals surface area contributed by atoms with Crippen molar-refractivity contribution in [3.63, 3.8) is 0 Å². The highest BCUT2D eigenvalue weighted by molar-refractivity contribution is 6.07. The van der Waals surface area contributed by atoms with E-state index in [1.807, 2.05) is 0 Å². The highest BCUT2D eigenvalue weighted by atomic mass is 16.2. The van der Waals surface area contributed by atoms with Gasteiger partial charge in [0.2, 0.25) is 5.91 Å². The quantitative estimate of drug-likeness (QED) is 0.708. The van der Waals surface area contributed by atoms with Gasteiger partial charge in [-0.25, -0.2) is 0 Å². The first-order valence-electron chi connectivity index (χ1n) is 6.07. The topological polar surface area (TPSA) is 29.1 Å². The van der Waals surface area contributed by atoms with Crippen LogP contribution >= 0.6 is 0 Å². The number of rotatable bonds is 0. The Labute approximate surface area is 96.1 Å². The predicted octanol–water partition coefficient (Wildman–Crippen LogP) is 3.07. The fourth-order valence-electron chi connectivity index (χ4n) is 3.34. The predicted molar refractivity (Wildman–Crippen MR) is 64.7 cm³/mol. The summed E-state index contributed by atoms with van der Waals surface area (Å²) in [7, 11) is 0. The van der Waals surface area contributed by atoms with E-state index >= 15 is 0 Å². The summed E-state index contributed by atoms with van der Waals surface area (Å²) in [4.78, 5) is 12.2. The molecule has 0 radical (unpaired) electrons. The van der Waals surface area contributed by atoms with Gasteiger partial charge in [-0.05, 0) is 37.8 Å². The Morgan fingerprint density at radius 1 is 1.19 bits per heavy atom. The molecule has 1 aliphatic heterocycles. The molecule has 1 aromatic carbocycles. The largest absolute Gasteiger partial charge is 0.325 e. The van der Waals surface area contributed by atoms with Crippen LogP contribution in [0.15, 0.2) is 12.1 Å². The van der Waals surface area contributed by atoms with E-state index < -0.39 is 0 Å². The smallest absolute Gasteiger partial charge is 0.235 e. The van der Waals surface area contributed by atoms with Gasteiger partial charge in [0.1, 0.15) is 0 Å². The van der Waals surface area contributed by atoms with E-state index in [4.69, 9.17) is 0 Å². The maximum atomic E-state index is 12.2. The lowest BCUT2D eigenvalue weighted by Gasteiger charge is -2.21. The van der Waals surface area contributed by atoms with E-state index in [2.05, 4.69) is 31.3 Å². The van der Waals surface area contributed by atoms with Gasteiger partial charge in [0.05, 0.1) is 5.41 Å². The van der Waals surface area contributed by atoms with Crippen LogP contribution in [-0.2, 0) is 10.2 Å². The number of benzene rings is 1. The summed E-state index contributed by atoms with van der Waals surface area (Å²) < 4.78 is 0. The number of nitrogens with one attached hydrogen (secondary N) is 1. The van der Waals surface area contributed by atoms with Crippen LogP contribution in [0.2, 0.25) is 0 Å². The van der Waals surface area contributed by atoms with E-state index in [-0.39, 0.29) is 11.3 Å². The average molecular weight is 215 g/mol. The fourth-order valence-corrected chi connectivity index (χ4v) is 3.34. The minimum Gasteiger partial charge on any atom is -0.325 e. The van der Waals surface area contributed by atoms with Crippen molar-refractivity contribution >= 4 is 11.6 Å². The monoisotopic (exact) mass is 215 g/mol. The molecule has 84 valence electrons. The van der Waals surface area contributed by atoms with Crippen LogP contribution in [-0.4, -0.2) is 5.91 Å². The molecule has 1 heterocycles. The number of amides is 1. The van der Waals surface area contributed by atoms with Crippen molar-refractivity contribution in [2.24, 2.45) is 0 Å². The molecule has 2 nitrogen and oxygen atoms in total. The van der Waals surface area contributed by atoms with Crippen molar-refractivity contribution in [1.82, 2.24) is 0 Å². The van der Waals surface area contributed by atoms with Gasteiger partial charge in [0, 0.05) is 5.69 Å². The lowest BCUT2D eigenvalue weighted by Crippen LogP contribution is -2.30. The van der Waals surface area contributed by atoms with Crippen molar-refractivity contribution < 1.29 is 4.79 Å². The van der Waals surface area contributed by atoms with Gasteiger partial charge in [-0.3, -0.25) is 4.79 Å². The summed E-state index contributed by atoms with van der Waals surface area (Å²) >= 11 is 0. The molecular weight excluding hydrogens is 198 g/mol. The summed E-state index contributed by atoms with van der Waals surface area (Å²) in [6.45, 7) is 4.19. The van der Waals surface area contributed by atoms with E-state index in [1.165, 1.54) is 29.5 Å². The molecular formula is C14H17NO. The molecule has 0 unspecified atom stereocenters. The number of fused-ring (bicyclic) bond motifs is 2. The third-order valence-corrected chi connectivity index (χ3v) is 4.13. The number of hydrogen-bond donors (Lipinski definition) is 1. The number of anilines is 1. The molecule has 16 heavy (non-hydrogen) atoms. The second-order valence-electron chi connectivity index (χ2n) is 5.25. The first kappa shape index (κ1) is 9.88. The molecule has 1 saturated carbocycles. The first-order valence-corrected chi connectivity index (χ1v) is 6.07. The number of carbonyl (C=O) groups is 1. The van der Waals surface area contributed by atoms with Crippen LogP contribution in [0.3, 0.4) is 0 Å². The minimum atomic E-state index is -0.188. The molecule has 1 aliphatic carbocycles. The van der Waals surface area contributed by atoms with Crippen LogP contribution in [0.4, 0.5) is 5.69 Å². The maximum absolute atomic E-state index is 12.2. The zero-order valence-electron chi connectivity index (χ0n) is 9.89. The van der Waals surface area contributed by atoms with Gasteiger partial charge in [0.15, 0.2) is 0 Å².